The third-order valence-electron chi connectivity index (χ3n) is 3.39. The number of nitrogens with one attached hydrogen (secondary N) is 1. The second-order valence-electron chi connectivity index (χ2n) is 4.92. The van der Waals surface area contributed by atoms with Crippen molar-refractivity contribution in [3.05, 3.63) is 46.7 Å². The molecule has 0 aliphatic carbocycles. The lowest BCUT2D eigenvalue weighted by atomic mass is 10.2. The fraction of sp³-hybridized carbons (Fsp3) is 0.357. The average molecular weight is 288 g/mol. The van der Waals surface area contributed by atoms with Crippen LogP contribution in [-0.4, -0.2) is 39.9 Å². The smallest absolute Gasteiger partial charge is 0.271 e. The maximum Gasteiger partial charge on any atom is 0.271 e. The molecule has 104 valence electrons. The molecule has 1 aliphatic heterocycles. The number of amides is 1. The largest absolute Gasteiger partial charge is 0.347 e. The van der Waals surface area contributed by atoms with Gasteiger partial charge >= 0.3 is 0 Å². The Bertz CT molecular complexity index is 558. The Morgan fingerprint density at radius 3 is 3.20 bits per heavy atom. The lowest BCUT2D eigenvalue weighted by molar-refractivity contribution is 0.0932. The van der Waals surface area contributed by atoms with Crippen molar-refractivity contribution < 1.29 is 4.79 Å². The highest BCUT2D eigenvalue weighted by atomic mass is 32.1. The van der Waals surface area contributed by atoms with Crippen molar-refractivity contribution in [1.29, 1.82) is 0 Å². The van der Waals surface area contributed by atoms with E-state index in [-0.39, 0.29) is 11.9 Å². The highest BCUT2D eigenvalue weighted by molar-refractivity contribution is 7.07. The molecule has 2 aromatic heterocycles. The molecular weight excluding hydrogens is 272 g/mol. The molecule has 0 bridgehead atoms. The summed E-state index contributed by atoms with van der Waals surface area (Å²) in [5, 5.41) is 7.29. The first-order valence-corrected chi connectivity index (χ1v) is 7.56. The molecule has 1 amide bonds. The Hall–Kier alpha value is -1.79. The average Bonchev–Trinajstić information content (AvgIpc) is 3.12. The summed E-state index contributed by atoms with van der Waals surface area (Å²) < 4.78 is 0. The molecule has 1 N–H and O–H groups in total. The molecule has 3 heterocycles. The standard InChI is InChI=1S/C14H16N4OS/c19-14(13-7-15-3-4-16-13)17-12-1-5-18(9-12)8-11-2-6-20-10-11/h2-4,6-7,10,12H,1,5,8-9H2,(H,17,19)/t12-/m0/s1. The van der Waals surface area contributed by atoms with Crippen molar-refractivity contribution in [2.24, 2.45) is 0 Å². The van der Waals surface area contributed by atoms with Crippen molar-refractivity contribution in [3.8, 4) is 0 Å². The predicted molar refractivity (Wildman–Crippen MR) is 77.5 cm³/mol. The Balaban J connectivity index is 1.52. The number of rotatable bonds is 4. The van der Waals surface area contributed by atoms with Crippen LogP contribution >= 0.6 is 11.3 Å². The summed E-state index contributed by atoms with van der Waals surface area (Å²) in [6, 6.07) is 2.35. The molecule has 0 spiro atoms. The van der Waals surface area contributed by atoms with Crippen molar-refractivity contribution >= 4 is 17.2 Å². The monoisotopic (exact) mass is 288 g/mol. The van der Waals surface area contributed by atoms with Crippen molar-refractivity contribution in [1.82, 2.24) is 20.2 Å². The van der Waals surface area contributed by atoms with Crippen molar-refractivity contribution in [2.45, 2.75) is 19.0 Å². The fourth-order valence-electron chi connectivity index (χ4n) is 2.41. The van der Waals surface area contributed by atoms with Crippen molar-refractivity contribution in [2.75, 3.05) is 13.1 Å². The number of thiophene rings is 1. The normalized spacial score (nSPS) is 19.1. The predicted octanol–water partition coefficient (Wildman–Crippen LogP) is 1.54. The van der Waals surface area contributed by atoms with E-state index in [9.17, 15) is 4.79 Å². The van der Waals surface area contributed by atoms with E-state index in [0.29, 0.717) is 5.69 Å². The minimum atomic E-state index is -0.138. The van der Waals surface area contributed by atoms with Gasteiger partial charge in [0.1, 0.15) is 5.69 Å². The van der Waals surface area contributed by atoms with E-state index in [1.807, 2.05) is 0 Å². The first kappa shape index (κ1) is 13.2. The van der Waals surface area contributed by atoms with Gasteiger partial charge in [0.2, 0.25) is 0 Å². The highest BCUT2D eigenvalue weighted by Gasteiger charge is 2.24. The summed E-state index contributed by atoms with van der Waals surface area (Å²) in [7, 11) is 0. The summed E-state index contributed by atoms with van der Waals surface area (Å²) >= 11 is 1.72. The van der Waals surface area contributed by atoms with E-state index >= 15 is 0 Å². The Morgan fingerprint density at radius 2 is 2.45 bits per heavy atom. The lowest BCUT2D eigenvalue weighted by Crippen LogP contribution is -2.37. The first-order chi connectivity index (χ1) is 9.81. The third-order valence-corrected chi connectivity index (χ3v) is 4.12. The molecule has 20 heavy (non-hydrogen) atoms. The molecule has 1 aliphatic rings. The van der Waals surface area contributed by atoms with E-state index in [1.54, 1.807) is 17.5 Å². The van der Waals surface area contributed by atoms with Crippen LogP contribution in [0.5, 0.6) is 0 Å². The van der Waals surface area contributed by atoms with Gasteiger partial charge in [-0.05, 0) is 28.8 Å². The molecule has 0 aromatic carbocycles. The molecular formula is C14H16N4OS. The quantitative estimate of drug-likeness (QED) is 0.927. The van der Waals surface area contributed by atoms with Gasteiger partial charge in [-0.3, -0.25) is 14.7 Å². The Morgan fingerprint density at radius 1 is 1.50 bits per heavy atom. The summed E-state index contributed by atoms with van der Waals surface area (Å²) in [5.74, 6) is -0.138. The van der Waals surface area contributed by atoms with Gasteiger partial charge in [0.25, 0.3) is 5.91 Å². The van der Waals surface area contributed by atoms with Gasteiger partial charge in [0.05, 0.1) is 6.20 Å². The number of carbonyl (C=O) groups excluding carboxylic acids is 1. The van der Waals surface area contributed by atoms with Crippen LogP contribution in [-0.2, 0) is 6.54 Å². The highest BCUT2D eigenvalue weighted by Crippen LogP contribution is 2.15. The Labute approximate surface area is 121 Å². The van der Waals surface area contributed by atoms with Gasteiger partial charge in [-0.1, -0.05) is 0 Å². The molecule has 2 aromatic rings. The first-order valence-electron chi connectivity index (χ1n) is 6.61. The SMILES string of the molecule is O=C(N[C@H]1CCN(Cc2ccsc2)C1)c1cnccn1. The van der Waals surface area contributed by atoms with E-state index in [1.165, 1.54) is 18.0 Å². The summed E-state index contributed by atoms with van der Waals surface area (Å²) in [4.78, 5) is 22.3. The van der Waals surface area contributed by atoms with Crippen LogP contribution in [0.3, 0.4) is 0 Å². The molecule has 0 saturated carbocycles. The van der Waals surface area contributed by atoms with Gasteiger partial charge < -0.3 is 5.32 Å². The molecule has 6 heteroatoms. The van der Waals surface area contributed by atoms with E-state index in [4.69, 9.17) is 0 Å². The van der Waals surface area contributed by atoms with Crippen LogP contribution in [0, 0.1) is 0 Å². The van der Waals surface area contributed by atoms with Gasteiger partial charge in [-0.15, -0.1) is 0 Å². The van der Waals surface area contributed by atoms with Crippen LogP contribution in [0.15, 0.2) is 35.4 Å². The van der Waals surface area contributed by atoms with Gasteiger partial charge in [-0.2, -0.15) is 11.3 Å². The number of aromatic nitrogens is 2. The minimum Gasteiger partial charge on any atom is -0.347 e. The molecule has 3 rings (SSSR count). The maximum atomic E-state index is 12.0. The van der Waals surface area contributed by atoms with Gasteiger partial charge in [0.15, 0.2) is 0 Å². The van der Waals surface area contributed by atoms with Crippen LogP contribution < -0.4 is 5.32 Å². The summed E-state index contributed by atoms with van der Waals surface area (Å²) in [6.45, 7) is 2.87. The number of hydrogen-bond acceptors (Lipinski definition) is 5. The second kappa shape index (κ2) is 6.11. The topological polar surface area (TPSA) is 58.1 Å². The van der Waals surface area contributed by atoms with Gasteiger partial charge in [0, 0.05) is 38.1 Å². The maximum absolute atomic E-state index is 12.0. The molecule has 0 radical (unpaired) electrons. The third kappa shape index (κ3) is 3.20. The van der Waals surface area contributed by atoms with Gasteiger partial charge in [-0.25, -0.2) is 4.98 Å². The number of hydrogen-bond donors (Lipinski definition) is 1. The number of carbonyl (C=O) groups is 1. The minimum absolute atomic E-state index is 0.138. The molecule has 1 fully saturated rings. The van der Waals surface area contributed by atoms with E-state index in [2.05, 4.69) is 37.0 Å². The zero-order chi connectivity index (χ0) is 13.8. The van der Waals surface area contributed by atoms with E-state index < -0.39 is 0 Å². The molecule has 1 atom stereocenters. The molecule has 5 nitrogen and oxygen atoms in total. The van der Waals surface area contributed by atoms with E-state index in [0.717, 1.165) is 26.1 Å². The zero-order valence-electron chi connectivity index (χ0n) is 11.0. The zero-order valence-corrected chi connectivity index (χ0v) is 11.8. The fourth-order valence-corrected chi connectivity index (χ4v) is 3.07. The van der Waals surface area contributed by atoms with Crippen LogP contribution in [0.1, 0.15) is 22.5 Å². The Kier molecular flexibility index (Phi) is 4.03. The number of likely N-dealkylation sites (tertiary alicyclic amines) is 1. The van der Waals surface area contributed by atoms with Crippen LogP contribution in [0.4, 0.5) is 0 Å². The second-order valence-corrected chi connectivity index (χ2v) is 5.70. The van der Waals surface area contributed by atoms with Crippen LogP contribution in [0.2, 0.25) is 0 Å². The number of nitrogens with zero attached hydrogens (tertiary/aromatic N) is 3. The van der Waals surface area contributed by atoms with Crippen molar-refractivity contribution in [3.63, 3.8) is 0 Å². The molecule has 0 unspecified atom stereocenters. The summed E-state index contributed by atoms with van der Waals surface area (Å²) in [6.07, 6.45) is 5.57. The molecule has 1 saturated heterocycles. The van der Waals surface area contributed by atoms with Crippen LogP contribution in [0.25, 0.3) is 0 Å². The lowest BCUT2D eigenvalue weighted by Gasteiger charge is -2.15. The summed E-state index contributed by atoms with van der Waals surface area (Å²) in [5.41, 5.74) is 1.72.